The fraction of sp³-hybridized carbons (Fsp3) is 0.467. The van der Waals surface area contributed by atoms with Gasteiger partial charge in [-0.1, -0.05) is 36.4 Å². The molecule has 1 N–H and O–H groups in total. The highest BCUT2D eigenvalue weighted by Crippen LogP contribution is 2.15. The number of rotatable bonds is 6. The van der Waals surface area contributed by atoms with E-state index in [4.69, 9.17) is 14.2 Å². The summed E-state index contributed by atoms with van der Waals surface area (Å²) in [7, 11) is 0. The van der Waals surface area contributed by atoms with Crippen LogP contribution in [0, 0.1) is 0 Å². The number of ether oxygens (including phenoxy) is 3. The Kier molecular flexibility index (Phi) is 5.54. The highest BCUT2D eigenvalue weighted by atomic mass is 16.7. The van der Waals surface area contributed by atoms with Gasteiger partial charge in [0.15, 0.2) is 6.29 Å². The SMILES string of the molecule is CCO[C@H]1C=C[C@H](O)[C@@H](COCc2ccccc2)O1. The molecular formula is C15H20O4. The van der Waals surface area contributed by atoms with E-state index >= 15 is 0 Å². The van der Waals surface area contributed by atoms with Crippen molar-refractivity contribution >= 4 is 0 Å². The zero-order chi connectivity index (χ0) is 13.5. The molecule has 0 unspecified atom stereocenters. The Bertz CT molecular complexity index is 390. The quantitative estimate of drug-likeness (QED) is 0.797. The van der Waals surface area contributed by atoms with Crippen molar-refractivity contribution in [3.8, 4) is 0 Å². The summed E-state index contributed by atoms with van der Waals surface area (Å²) >= 11 is 0. The van der Waals surface area contributed by atoms with Crippen LogP contribution in [0.25, 0.3) is 0 Å². The van der Waals surface area contributed by atoms with Gasteiger partial charge in [-0.05, 0) is 18.6 Å². The van der Waals surface area contributed by atoms with E-state index < -0.39 is 12.4 Å². The number of aliphatic hydroxyl groups excluding tert-OH is 1. The molecule has 0 amide bonds. The van der Waals surface area contributed by atoms with Gasteiger partial charge >= 0.3 is 0 Å². The Morgan fingerprint density at radius 1 is 1.21 bits per heavy atom. The van der Waals surface area contributed by atoms with Gasteiger partial charge in [-0.2, -0.15) is 0 Å². The predicted octanol–water partition coefficient (Wildman–Crippen LogP) is 1.88. The fourth-order valence-electron chi connectivity index (χ4n) is 1.89. The average Bonchev–Trinajstić information content (AvgIpc) is 2.44. The molecule has 0 aliphatic carbocycles. The second-order valence-electron chi connectivity index (χ2n) is 4.37. The van der Waals surface area contributed by atoms with Gasteiger partial charge in [0, 0.05) is 6.61 Å². The first kappa shape index (κ1) is 14.2. The molecule has 0 aromatic heterocycles. The number of hydrogen-bond donors (Lipinski definition) is 1. The predicted molar refractivity (Wildman–Crippen MR) is 71.5 cm³/mol. The topological polar surface area (TPSA) is 47.9 Å². The minimum Gasteiger partial charge on any atom is -0.386 e. The van der Waals surface area contributed by atoms with E-state index in [1.54, 1.807) is 12.2 Å². The van der Waals surface area contributed by atoms with Gasteiger partial charge in [-0.15, -0.1) is 0 Å². The molecule has 0 saturated heterocycles. The number of aliphatic hydroxyl groups is 1. The van der Waals surface area contributed by atoms with E-state index in [1.807, 2.05) is 37.3 Å². The van der Waals surface area contributed by atoms with Crippen LogP contribution in [-0.4, -0.2) is 36.8 Å². The number of benzene rings is 1. The van der Waals surface area contributed by atoms with E-state index in [9.17, 15) is 5.11 Å². The molecule has 1 heterocycles. The Morgan fingerprint density at radius 2 is 2.00 bits per heavy atom. The average molecular weight is 264 g/mol. The maximum absolute atomic E-state index is 9.80. The Balaban J connectivity index is 1.77. The van der Waals surface area contributed by atoms with Crippen molar-refractivity contribution in [1.29, 1.82) is 0 Å². The summed E-state index contributed by atoms with van der Waals surface area (Å²) < 4.78 is 16.5. The third-order valence-corrected chi connectivity index (χ3v) is 2.88. The molecule has 0 saturated carbocycles. The number of hydrogen-bond acceptors (Lipinski definition) is 4. The van der Waals surface area contributed by atoms with Gasteiger partial charge in [-0.3, -0.25) is 0 Å². The molecule has 2 rings (SSSR count). The lowest BCUT2D eigenvalue weighted by Crippen LogP contribution is -2.39. The van der Waals surface area contributed by atoms with Crippen LogP contribution in [0.1, 0.15) is 12.5 Å². The van der Waals surface area contributed by atoms with Gasteiger partial charge in [-0.25, -0.2) is 0 Å². The minimum atomic E-state index is -0.646. The zero-order valence-electron chi connectivity index (χ0n) is 11.1. The third-order valence-electron chi connectivity index (χ3n) is 2.88. The van der Waals surface area contributed by atoms with Crippen molar-refractivity contribution in [2.45, 2.75) is 32.0 Å². The summed E-state index contributed by atoms with van der Waals surface area (Å²) in [6.07, 6.45) is 2.00. The summed E-state index contributed by atoms with van der Waals surface area (Å²) in [5, 5.41) is 9.80. The largest absolute Gasteiger partial charge is 0.386 e. The molecule has 4 heteroatoms. The summed E-state index contributed by atoms with van der Waals surface area (Å²) in [6.45, 7) is 3.33. The molecule has 1 aromatic rings. The molecule has 4 nitrogen and oxygen atoms in total. The van der Waals surface area contributed by atoms with Crippen LogP contribution in [0.4, 0.5) is 0 Å². The maximum atomic E-state index is 9.80. The standard InChI is InChI=1S/C15H20O4/c1-2-18-15-9-8-13(16)14(19-15)11-17-10-12-6-4-3-5-7-12/h3-9,13-16H,2,10-11H2,1H3/t13-,14+,15+/m0/s1. The van der Waals surface area contributed by atoms with E-state index in [-0.39, 0.29) is 6.10 Å². The van der Waals surface area contributed by atoms with Crippen LogP contribution in [0.2, 0.25) is 0 Å². The lowest BCUT2D eigenvalue weighted by molar-refractivity contribution is -0.183. The van der Waals surface area contributed by atoms with Crippen LogP contribution in [0.5, 0.6) is 0 Å². The summed E-state index contributed by atoms with van der Waals surface area (Å²) in [6, 6.07) is 9.91. The van der Waals surface area contributed by atoms with E-state index in [0.717, 1.165) is 5.56 Å². The Labute approximate surface area is 113 Å². The van der Waals surface area contributed by atoms with Gasteiger partial charge in [0.05, 0.1) is 13.2 Å². The first-order chi connectivity index (χ1) is 9.29. The van der Waals surface area contributed by atoms with E-state index in [0.29, 0.717) is 19.8 Å². The lowest BCUT2D eigenvalue weighted by atomic mass is 10.1. The van der Waals surface area contributed by atoms with Crippen LogP contribution in [-0.2, 0) is 20.8 Å². The molecule has 3 atom stereocenters. The third kappa shape index (κ3) is 4.44. The van der Waals surface area contributed by atoms with Crippen molar-refractivity contribution in [3.63, 3.8) is 0 Å². The fourth-order valence-corrected chi connectivity index (χ4v) is 1.89. The van der Waals surface area contributed by atoms with Crippen molar-refractivity contribution in [2.24, 2.45) is 0 Å². The Morgan fingerprint density at radius 3 is 2.74 bits per heavy atom. The first-order valence-corrected chi connectivity index (χ1v) is 6.54. The summed E-state index contributed by atoms with van der Waals surface area (Å²) in [5.74, 6) is 0. The second-order valence-corrected chi connectivity index (χ2v) is 4.37. The molecule has 1 aliphatic heterocycles. The van der Waals surface area contributed by atoms with Crippen LogP contribution < -0.4 is 0 Å². The summed E-state index contributed by atoms with van der Waals surface area (Å²) in [5.41, 5.74) is 1.10. The Hall–Kier alpha value is -1.20. The van der Waals surface area contributed by atoms with Crippen LogP contribution in [0.15, 0.2) is 42.5 Å². The van der Waals surface area contributed by atoms with Crippen molar-refractivity contribution in [3.05, 3.63) is 48.0 Å². The molecule has 0 spiro atoms. The zero-order valence-corrected chi connectivity index (χ0v) is 11.1. The molecule has 0 radical (unpaired) electrons. The molecule has 1 aromatic carbocycles. The van der Waals surface area contributed by atoms with Crippen molar-refractivity contribution in [1.82, 2.24) is 0 Å². The van der Waals surface area contributed by atoms with E-state index in [1.165, 1.54) is 0 Å². The molecule has 0 bridgehead atoms. The molecule has 0 fully saturated rings. The highest BCUT2D eigenvalue weighted by molar-refractivity contribution is 5.13. The second kappa shape index (κ2) is 7.40. The van der Waals surface area contributed by atoms with Crippen molar-refractivity contribution < 1.29 is 19.3 Å². The lowest BCUT2D eigenvalue weighted by Gasteiger charge is -2.29. The van der Waals surface area contributed by atoms with Gasteiger partial charge < -0.3 is 19.3 Å². The smallest absolute Gasteiger partial charge is 0.177 e. The first-order valence-electron chi connectivity index (χ1n) is 6.54. The summed E-state index contributed by atoms with van der Waals surface area (Å²) in [4.78, 5) is 0. The molecule has 19 heavy (non-hydrogen) atoms. The molecular weight excluding hydrogens is 244 g/mol. The van der Waals surface area contributed by atoms with E-state index in [2.05, 4.69) is 0 Å². The van der Waals surface area contributed by atoms with Gasteiger partial charge in [0.25, 0.3) is 0 Å². The normalized spacial score (nSPS) is 26.5. The highest BCUT2D eigenvalue weighted by Gasteiger charge is 2.25. The van der Waals surface area contributed by atoms with Crippen LogP contribution >= 0.6 is 0 Å². The van der Waals surface area contributed by atoms with Crippen molar-refractivity contribution in [2.75, 3.05) is 13.2 Å². The molecule has 1 aliphatic rings. The van der Waals surface area contributed by atoms with Gasteiger partial charge in [0.1, 0.15) is 12.2 Å². The van der Waals surface area contributed by atoms with Gasteiger partial charge in [0.2, 0.25) is 0 Å². The monoisotopic (exact) mass is 264 g/mol. The maximum Gasteiger partial charge on any atom is 0.177 e. The minimum absolute atomic E-state index is 0.337. The van der Waals surface area contributed by atoms with Crippen LogP contribution in [0.3, 0.4) is 0 Å². The molecule has 104 valence electrons.